The number of carbonyl (C=O) groups is 1. The second-order valence-electron chi connectivity index (χ2n) is 8.15. The Balaban J connectivity index is 1.60. The lowest BCUT2D eigenvalue weighted by Gasteiger charge is -2.27. The van der Waals surface area contributed by atoms with Gasteiger partial charge in [-0.2, -0.15) is 0 Å². The van der Waals surface area contributed by atoms with E-state index in [0.29, 0.717) is 18.8 Å². The summed E-state index contributed by atoms with van der Waals surface area (Å²) in [4.78, 5) is 17.4. The Morgan fingerprint density at radius 1 is 0.897 bits per heavy atom. The zero-order valence-electron chi connectivity index (χ0n) is 17.1. The molecule has 2 aromatic rings. The molecule has 2 aliphatic rings. The second kappa shape index (κ2) is 9.12. The first kappa shape index (κ1) is 20.1. The second-order valence-corrected chi connectivity index (χ2v) is 9.85. The van der Waals surface area contributed by atoms with Gasteiger partial charge in [0.05, 0.1) is 17.3 Å². The number of amides is 2. The molecule has 154 valence electrons. The number of hydrogen-bond acceptors (Lipinski definition) is 2. The van der Waals surface area contributed by atoms with Crippen LogP contribution in [0.2, 0.25) is 0 Å². The molecule has 2 aliphatic heterocycles. The van der Waals surface area contributed by atoms with Crippen molar-refractivity contribution in [2.45, 2.75) is 63.0 Å². The van der Waals surface area contributed by atoms with E-state index in [0.717, 1.165) is 36.8 Å². The van der Waals surface area contributed by atoms with Crippen LogP contribution in [0.1, 0.15) is 43.7 Å². The van der Waals surface area contributed by atoms with E-state index < -0.39 is 10.8 Å². The maximum Gasteiger partial charge on any atom is 0.321 e. The van der Waals surface area contributed by atoms with Gasteiger partial charge in [-0.1, -0.05) is 86.8 Å². The highest BCUT2D eigenvalue weighted by Gasteiger charge is 2.55. The summed E-state index contributed by atoms with van der Waals surface area (Å²) < 4.78 is 13.0. The average molecular weight is 411 g/mol. The maximum atomic E-state index is 13.5. The summed E-state index contributed by atoms with van der Waals surface area (Å²) in [7, 11) is -0.881. The first-order valence-electron chi connectivity index (χ1n) is 10.7. The van der Waals surface area contributed by atoms with Crippen LogP contribution in [0.4, 0.5) is 4.79 Å². The van der Waals surface area contributed by atoms with Crippen LogP contribution < -0.4 is 0 Å². The van der Waals surface area contributed by atoms with Gasteiger partial charge in [0.1, 0.15) is 0 Å². The van der Waals surface area contributed by atoms with Crippen LogP contribution in [0.25, 0.3) is 0 Å². The highest BCUT2D eigenvalue weighted by molar-refractivity contribution is 7.86. The van der Waals surface area contributed by atoms with Crippen LogP contribution in [0, 0.1) is 0 Å². The van der Waals surface area contributed by atoms with Crippen molar-refractivity contribution < 1.29 is 9.00 Å². The van der Waals surface area contributed by atoms with Gasteiger partial charge in [0.25, 0.3) is 0 Å². The van der Waals surface area contributed by atoms with Crippen LogP contribution in [0.5, 0.6) is 0 Å². The predicted molar refractivity (Wildman–Crippen MR) is 118 cm³/mol. The molecule has 2 saturated heterocycles. The molecule has 2 heterocycles. The van der Waals surface area contributed by atoms with Crippen molar-refractivity contribution in [1.82, 2.24) is 9.80 Å². The minimum Gasteiger partial charge on any atom is -0.314 e. The van der Waals surface area contributed by atoms with Crippen LogP contribution in [-0.4, -0.2) is 43.1 Å². The van der Waals surface area contributed by atoms with Gasteiger partial charge in [0, 0.05) is 29.6 Å². The minimum absolute atomic E-state index is 0.0406. The van der Waals surface area contributed by atoms with Gasteiger partial charge < -0.3 is 9.80 Å². The van der Waals surface area contributed by atoms with Crippen molar-refractivity contribution in [2.75, 3.05) is 5.75 Å². The molecule has 2 fully saturated rings. The minimum atomic E-state index is -0.881. The summed E-state index contributed by atoms with van der Waals surface area (Å²) in [6, 6.07) is 20.5. The molecule has 5 heteroatoms. The summed E-state index contributed by atoms with van der Waals surface area (Å²) in [6.07, 6.45) is 4.34. The van der Waals surface area contributed by atoms with Crippen LogP contribution in [-0.2, 0) is 23.9 Å². The van der Waals surface area contributed by atoms with Gasteiger partial charge in [-0.05, 0) is 17.5 Å². The van der Waals surface area contributed by atoms with Crippen molar-refractivity contribution in [3.63, 3.8) is 0 Å². The molecule has 2 amide bonds. The molecular formula is C24H30N2O2S. The summed E-state index contributed by atoms with van der Waals surface area (Å²) in [5.41, 5.74) is 2.26. The molecular weight excluding hydrogens is 380 g/mol. The molecule has 0 bridgehead atoms. The highest BCUT2D eigenvalue weighted by Crippen LogP contribution is 2.38. The Morgan fingerprint density at radius 2 is 1.48 bits per heavy atom. The molecule has 0 spiro atoms. The Kier molecular flexibility index (Phi) is 6.34. The predicted octanol–water partition coefficient (Wildman–Crippen LogP) is 4.57. The Labute approximate surface area is 176 Å². The number of hydrogen-bond donors (Lipinski definition) is 0. The molecule has 0 aromatic heterocycles. The summed E-state index contributed by atoms with van der Waals surface area (Å²) in [5, 5.41) is 0.0833. The number of nitrogens with zero attached hydrogens (tertiary/aromatic N) is 2. The lowest BCUT2D eigenvalue weighted by Crippen LogP contribution is -2.41. The fourth-order valence-electron chi connectivity index (χ4n) is 4.73. The van der Waals surface area contributed by atoms with Crippen LogP contribution in [0.15, 0.2) is 60.7 Å². The molecule has 0 aliphatic carbocycles. The highest BCUT2D eigenvalue weighted by atomic mass is 32.2. The van der Waals surface area contributed by atoms with Crippen LogP contribution in [0.3, 0.4) is 0 Å². The Morgan fingerprint density at radius 3 is 2.07 bits per heavy atom. The van der Waals surface area contributed by atoms with Gasteiger partial charge in [-0.15, -0.1) is 0 Å². The first-order chi connectivity index (χ1) is 14.2. The third-order valence-corrected chi connectivity index (χ3v) is 8.04. The molecule has 1 unspecified atom stereocenters. The summed E-state index contributed by atoms with van der Waals surface area (Å²) in [6.45, 7) is 3.37. The molecule has 0 N–H and O–H groups in total. The number of unbranched alkanes of at least 4 members (excludes halogenated alkanes) is 2. The largest absolute Gasteiger partial charge is 0.321 e. The lowest BCUT2D eigenvalue weighted by atomic mass is 10.0. The van der Waals surface area contributed by atoms with Crippen molar-refractivity contribution in [2.24, 2.45) is 0 Å². The Bertz CT molecular complexity index is 842. The topological polar surface area (TPSA) is 40.6 Å². The normalized spacial score (nSPS) is 26.2. The lowest BCUT2D eigenvalue weighted by molar-refractivity contribution is 0.180. The third-order valence-electron chi connectivity index (χ3n) is 6.18. The Hall–Kier alpha value is -2.14. The van der Waals surface area contributed by atoms with E-state index in [9.17, 15) is 9.00 Å². The third kappa shape index (κ3) is 4.25. The van der Waals surface area contributed by atoms with Gasteiger partial charge >= 0.3 is 6.03 Å². The van der Waals surface area contributed by atoms with E-state index in [4.69, 9.17) is 0 Å². The van der Waals surface area contributed by atoms with Gasteiger partial charge in [0.15, 0.2) is 0 Å². The number of benzene rings is 2. The van der Waals surface area contributed by atoms with Crippen molar-refractivity contribution >= 4 is 16.8 Å². The van der Waals surface area contributed by atoms with Gasteiger partial charge in [-0.3, -0.25) is 4.21 Å². The number of carbonyl (C=O) groups excluding carboxylic acids is 1. The zero-order valence-corrected chi connectivity index (χ0v) is 17.9. The van der Waals surface area contributed by atoms with Crippen molar-refractivity contribution in [1.29, 1.82) is 0 Å². The smallest absolute Gasteiger partial charge is 0.314 e. The summed E-state index contributed by atoms with van der Waals surface area (Å²) >= 11 is 0. The van der Waals surface area contributed by atoms with Gasteiger partial charge in [-0.25, -0.2) is 4.79 Å². The van der Waals surface area contributed by atoms with E-state index in [2.05, 4.69) is 31.2 Å². The van der Waals surface area contributed by atoms with E-state index in [1.165, 1.54) is 0 Å². The number of rotatable bonds is 8. The van der Waals surface area contributed by atoms with E-state index in [-0.39, 0.29) is 23.4 Å². The summed E-state index contributed by atoms with van der Waals surface area (Å²) in [5.74, 6) is 0.603. The quantitative estimate of drug-likeness (QED) is 0.472. The zero-order chi connectivity index (χ0) is 20.2. The average Bonchev–Trinajstić information content (AvgIpc) is 3.18. The molecule has 4 nitrogen and oxygen atoms in total. The molecule has 29 heavy (non-hydrogen) atoms. The molecule has 0 saturated carbocycles. The molecule has 0 radical (unpaired) electrons. The van der Waals surface area contributed by atoms with Crippen molar-refractivity contribution in [3.05, 3.63) is 71.8 Å². The fraction of sp³-hybridized carbons (Fsp3) is 0.458. The van der Waals surface area contributed by atoms with Gasteiger partial charge in [0.2, 0.25) is 0 Å². The molecule has 2 aromatic carbocycles. The van der Waals surface area contributed by atoms with Crippen LogP contribution >= 0.6 is 0 Å². The van der Waals surface area contributed by atoms with E-state index in [1.807, 2.05) is 46.2 Å². The first-order valence-corrected chi connectivity index (χ1v) is 12.1. The monoisotopic (exact) mass is 410 g/mol. The van der Waals surface area contributed by atoms with Crippen molar-refractivity contribution in [3.8, 4) is 0 Å². The SMILES string of the molecule is CCCCC[C@H]1[C@@H]2[C@H](CS1=O)N(Cc1ccccc1)C(=O)N2Cc1ccccc1. The maximum absolute atomic E-state index is 13.5. The van der Waals surface area contributed by atoms with E-state index in [1.54, 1.807) is 0 Å². The molecule has 4 atom stereocenters. The number of urea groups is 1. The molecule has 4 rings (SSSR count). The number of fused-ring (bicyclic) bond motifs is 1. The fourth-order valence-corrected chi connectivity index (χ4v) is 6.76. The van der Waals surface area contributed by atoms with E-state index >= 15 is 0 Å². The standard InChI is InChI=1S/C24H30N2O2S/c1-2-3-6-15-22-23-21(18-29(22)28)25(16-19-11-7-4-8-12-19)24(27)26(23)17-20-13-9-5-10-14-20/h4-5,7-14,21-23H,2-3,6,15-18H2,1H3/t21-,22-,23-,29?/m0/s1.